The minimum absolute atomic E-state index is 0.795. The molecule has 0 aliphatic carbocycles. The van der Waals surface area contributed by atoms with Crippen LogP contribution in [0.25, 0.3) is 16.8 Å². The van der Waals surface area contributed by atoms with Crippen LogP contribution in [0.2, 0.25) is 0 Å². The monoisotopic (exact) mass is 209 g/mol. The number of fused-ring (bicyclic) bond motifs is 1. The number of hydrogen-bond acceptors (Lipinski definition) is 2. The molecule has 0 aliphatic heterocycles. The van der Waals surface area contributed by atoms with E-state index in [-0.39, 0.29) is 0 Å². The van der Waals surface area contributed by atoms with Gasteiger partial charge in [0.25, 0.3) is 0 Å². The Morgan fingerprint density at radius 1 is 1.00 bits per heavy atom. The molecule has 0 bridgehead atoms. The summed E-state index contributed by atoms with van der Waals surface area (Å²) in [5, 5.41) is 4.30. The predicted octanol–water partition coefficient (Wildman–Crippen LogP) is 2.70. The maximum atomic E-state index is 4.44. The van der Waals surface area contributed by atoms with E-state index in [1.807, 2.05) is 41.9 Å². The zero-order valence-corrected chi connectivity index (χ0v) is 8.96. The van der Waals surface area contributed by atoms with Crippen LogP contribution in [0.1, 0.15) is 5.82 Å². The molecule has 3 aromatic rings. The highest BCUT2D eigenvalue weighted by atomic mass is 15.3. The molecule has 16 heavy (non-hydrogen) atoms. The molecule has 0 radical (unpaired) electrons. The standard InChI is InChI=1S/C13H11N3/c1-10-14-13-12(8-5-9-16(13)15-10)11-6-3-2-4-7-11/h2-9H,1H3. The third-order valence-corrected chi connectivity index (χ3v) is 2.55. The molecule has 0 fully saturated rings. The summed E-state index contributed by atoms with van der Waals surface area (Å²) in [7, 11) is 0. The first-order chi connectivity index (χ1) is 7.84. The third-order valence-electron chi connectivity index (χ3n) is 2.55. The molecule has 3 rings (SSSR count). The van der Waals surface area contributed by atoms with Gasteiger partial charge in [-0.1, -0.05) is 30.3 Å². The van der Waals surface area contributed by atoms with Gasteiger partial charge in [-0.3, -0.25) is 0 Å². The third kappa shape index (κ3) is 1.37. The predicted molar refractivity (Wildman–Crippen MR) is 63.2 cm³/mol. The minimum atomic E-state index is 0.795. The summed E-state index contributed by atoms with van der Waals surface area (Å²) in [6, 6.07) is 14.3. The molecule has 0 saturated heterocycles. The Kier molecular flexibility index (Phi) is 1.96. The number of pyridine rings is 1. The van der Waals surface area contributed by atoms with Gasteiger partial charge >= 0.3 is 0 Å². The molecule has 3 heteroatoms. The molecule has 2 heterocycles. The van der Waals surface area contributed by atoms with Crippen LogP contribution in [0.3, 0.4) is 0 Å². The van der Waals surface area contributed by atoms with Crippen molar-refractivity contribution in [2.24, 2.45) is 0 Å². The van der Waals surface area contributed by atoms with Crippen LogP contribution in [-0.4, -0.2) is 14.6 Å². The molecule has 0 spiro atoms. The van der Waals surface area contributed by atoms with Crippen molar-refractivity contribution in [3.8, 4) is 11.1 Å². The average Bonchev–Trinajstić information content (AvgIpc) is 2.70. The van der Waals surface area contributed by atoms with Crippen molar-refractivity contribution in [1.82, 2.24) is 14.6 Å². The number of aromatic nitrogens is 3. The smallest absolute Gasteiger partial charge is 0.163 e. The Morgan fingerprint density at radius 3 is 2.62 bits per heavy atom. The maximum Gasteiger partial charge on any atom is 0.163 e. The van der Waals surface area contributed by atoms with E-state index in [0.29, 0.717) is 0 Å². The van der Waals surface area contributed by atoms with Gasteiger partial charge in [-0.2, -0.15) is 5.10 Å². The first-order valence-corrected chi connectivity index (χ1v) is 5.22. The number of aryl methyl sites for hydroxylation is 1. The van der Waals surface area contributed by atoms with Crippen LogP contribution >= 0.6 is 0 Å². The van der Waals surface area contributed by atoms with E-state index in [9.17, 15) is 0 Å². The van der Waals surface area contributed by atoms with Gasteiger partial charge in [0, 0.05) is 11.8 Å². The van der Waals surface area contributed by atoms with E-state index in [2.05, 4.69) is 28.3 Å². The van der Waals surface area contributed by atoms with E-state index in [4.69, 9.17) is 0 Å². The fourth-order valence-electron chi connectivity index (χ4n) is 1.86. The van der Waals surface area contributed by atoms with Crippen LogP contribution in [0.4, 0.5) is 0 Å². The van der Waals surface area contributed by atoms with Gasteiger partial charge in [0.05, 0.1) is 0 Å². The molecule has 2 aromatic heterocycles. The first kappa shape index (κ1) is 9.09. The summed E-state index contributed by atoms with van der Waals surface area (Å²) in [6.07, 6.45) is 1.92. The number of benzene rings is 1. The first-order valence-electron chi connectivity index (χ1n) is 5.22. The number of hydrogen-bond donors (Lipinski definition) is 0. The lowest BCUT2D eigenvalue weighted by atomic mass is 10.1. The molecule has 1 aromatic carbocycles. The SMILES string of the molecule is Cc1nc2c(-c3ccccc3)cccn2n1. The van der Waals surface area contributed by atoms with Gasteiger partial charge in [-0.25, -0.2) is 9.50 Å². The van der Waals surface area contributed by atoms with E-state index >= 15 is 0 Å². The molecular formula is C13H11N3. The lowest BCUT2D eigenvalue weighted by molar-refractivity contribution is 0.931. The van der Waals surface area contributed by atoms with Crippen LogP contribution < -0.4 is 0 Å². The summed E-state index contributed by atoms with van der Waals surface area (Å²) in [5.74, 6) is 0.795. The summed E-state index contributed by atoms with van der Waals surface area (Å²) >= 11 is 0. The van der Waals surface area contributed by atoms with E-state index in [1.165, 1.54) is 5.56 Å². The second kappa shape index (κ2) is 3.45. The zero-order valence-electron chi connectivity index (χ0n) is 8.96. The second-order valence-corrected chi connectivity index (χ2v) is 3.72. The molecule has 0 unspecified atom stereocenters. The highest BCUT2D eigenvalue weighted by molar-refractivity contribution is 5.76. The van der Waals surface area contributed by atoms with Crippen LogP contribution in [0.5, 0.6) is 0 Å². The van der Waals surface area contributed by atoms with E-state index < -0.39 is 0 Å². The quantitative estimate of drug-likeness (QED) is 0.616. The number of nitrogens with zero attached hydrogens (tertiary/aromatic N) is 3. The van der Waals surface area contributed by atoms with Gasteiger partial charge in [0.15, 0.2) is 5.65 Å². The fraction of sp³-hybridized carbons (Fsp3) is 0.0769. The van der Waals surface area contributed by atoms with Gasteiger partial charge < -0.3 is 0 Å². The summed E-state index contributed by atoms with van der Waals surface area (Å²) in [5.41, 5.74) is 3.19. The van der Waals surface area contributed by atoms with Crippen molar-refractivity contribution in [2.75, 3.05) is 0 Å². The summed E-state index contributed by atoms with van der Waals surface area (Å²) in [6.45, 7) is 1.90. The van der Waals surface area contributed by atoms with Gasteiger partial charge in [0.2, 0.25) is 0 Å². The van der Waals surface area contributed by atoms with E-state index in [1.54, 1.807) is 0 Å². The van der Waals surface area contributed by atoms with Gasteiger partial charge in [0.1, 0.15) is 5.82 Å². The molecular weight excluding hydrogens is 198 g/mol. The largest absolute Gasteiger partial charge is 0.220 e. The summed E-state index contributed by atoms with van der Waals surface area (Å²) in [4.78, 5) is 4.44. The van der Waals surface area contributed by atoms with Crippen LogP contribution in [0.15, 0.2) is 48.7 Å². The minimum Gasteiger partial charge on any atom is -0.220 e. The van der Waals surface area contributed by atoms with Crippen molar-refractivity contribution >= 4 is 5.65 Å². The van der Waals surface area contributed by atoms with Crippen LogP contribution in [0, 0.1) is 6.92 Å². The molecule has 0 N–H and O–H groups in total. The lowest BCUT2D eigenvalue weighted by Crippen LogP contribution is -1.89. The molecule has 78 valence electrons. The van der Waals surface area contributed by atoms with Crippen molar-refractivity contribution in [1.29, 1.82) is 0 Å². The molecule has 0 atom stereocenters. The zero-order chi connectivity index (χ0) is 11.0. The van der Waals surface area contributed by atoms with Crippen molar-refractivity contribution < 1.29 is 0 Å². The highest BCUT2D eigenvalue weighted by Gasteiger charge is 2.06. The Hall–Kier alpha value is -2.16. The second-order valence-electron chi connectivity index (χ2n) is 3.72. The summed E-state index contributed by atoms with van der Waals surface area (Å²) < 4.78 is 1.82. The Balaban J connectivity index is 2.31. The van der Waals surface area contributed by atoms with Crippen LogP contribution in [-0.2, 0) is 0 Å². The average molecular weight is 209 g/mol. The van der Waals surface area contributed by atoms with Gasteiger partial charge in [-0.05, 0) is 24.6 Å². The Morgan fingerprint density at radius 2 is 1.81 bits per heavy atom. The number of rotatable bonds is 1. The molecule has 0 saturated carbocycles. The normalized spacial score (nSPS) is 10.8. The molecule has 3 nitrogen and oxygen atoms in total. The topological polar surface area (TPSA) is 30.2 Å². The Labute approximate surface area is 93.4 Å². The van der Waals surface area contributed by atoms with Crippen molar-refractivity contribution in [3.05, 3.63) is 54.5 Å². The fourth-order valence-corrected chi connectivity index (χ4v) is 1.86. The van der Waals surface area contributed by atoms with E-state index in [0.717, 1.165) is 17.0 Å². The lowest BCUT2D eigenvalue weighted by Gasteiger charge is -2.01. The van der Waals surface area contributed by atoms with Gasteiger partial charge in [-0.15, -0.1) is 0 Å². The highest BCUT2D eigenvalue weighted by Crippen LogP contribution is 2.22. The van der Waals surface area contributed by atoms with Crippen molar-refractivity contribution in [2.45, 2.75) is 6.92 Å². The molecule has 0 amide bonds. The Bertz CT molecular complexity index is 626. The maximum absolute atomic E-state index is 4.44. The van der Waals surface area contributed by atoms with Crippen molar-refractivity contribution in [3.63, 3.8) is 0 Å². The molecule has 0 aliphatic rings.